The molecule has 2 N–H and O–H groups in total. The van der Waals surface area contributed by atoms with Crippen LogP contribution in [-0.4, -0.2) is 64.7 Å². The van der Waals surface area contributed by atoms with Crippen molar-refractivity contribution in [3.63, 3.8) is 0 Å². The Kier molecular flexibility index (Phi) is 3.43. The number of carbonyl (C=O) groups excluding carboxylic acids is 1. The average Bonchev–Trinajstić information content (AvgIpc) is 2.89. The molecule has 4 rings (SSSR count). The lowest BCUT2D eigenvalue weighted by atomic mass is 9.91. The van der Waals surface area contributed by atoms with E-state index in [4.69, 9.17) is 0 Å². The van der Waals surface area contributed by atoms with Crippen molar-refractivity contribution in [2.24, 2.45) is 0 Å². The molecule has 3 heterocycles. The minimum atomic E-state index is 0.101. The molecular weight excluding hydrogens is 266 g/mol. The maximum absolute atomic E-state index is 12.7. The van der Waals surface area contributed by atoms with Crippen LogP contribution in [0, 0.1) is 0 Å². The predicted molar refractivity (Wildman–Crippen MR) is 79.1 cm³/mol. The van der Waals surface area contributed by atoms with Gasteiger partial charge < -0.3 is 10.2 Å². The van der Waals surface area contributed by atoms with Gasteiger partial charge in [0, 0.05) is 63.0 Å². The Labute approximate surface area is 124 Å². The molecule has 1 amide bonds. The van der Waals surface area contributed by atoms with Crippen LogP contribution in [0.25, 0.3) is 0 Å². The van der Waals surface area contributed by atoms with Gasteiger partial charge >= 0.3 is 0 Å². The number of hydrogen-bond acceptors (Lipinski definition) is 4. The van der Waals surface area contributed by atoms with Crippen LogP contribution in [0.2, 0.25) is 0 Å². The molecule has 6 heteroatoms. The van der Waals surface area contributed by atoms with E-state index in [-0.39, 0.29) is 5.91 Å². The summed E-state index contributed by atoms with van der Waals surface area (Å²) in [6.45, 7) is 5.43. The molecule has 2 aliphatic heterocycles. The van der Waals surface area contributed by atoms with Gasteiger partial charge in [-0.05, 0) is 12.8 Å². The van der Waals surface area contributed by atoms with Gasteiger partial charge in [-0.3, -0.25) is 14.8 Å². The summed E-state index contributed by atoms with van der Waals surface area (Å²) < 4.78 is 0. The average molecular weight is 289 g/mol. The Hall–Kier alpha value is -1.40. The first kappa shape index (κ1) is 13.3. The number of aromatic amines is 1. The zero-order valence-corrected chi connectivity index (χ0v) is 12.4. The highest BCUT2D eigenvalue weighted by atomic mass is 16.2. The van der Waals surface area contributed by atoms with Gasteiger partial charge in [-0.1, -0.05) is 6.42 Å². The standard InChI is InChI=1S/C15H23N5O/c21-15(14-12-10-16-5-4-13(12)17-18-14)20-8-6-19(7-9-20)11-2-1-3-11/h11,16H,1-10H2,(H,17,18). The van der Waals surface area contributed by atoms with E-state index in [2.05, 4.69) is 20.4 Å². The summed E-state index contributed by atoms with van der Waals surface area (Å²) >= 11 is 0. The zero-order valence-electron chi connectivity index (χ0n) is 12.4. The molecule has 6 nitrogen and oxygen atoms in total. The van der Waals surface area contributed by atoms with E-state index < -0.39 is 0 Å². The molecule has 1 saturated heterocycles. The number of hydrogen-bond donors (Lipinski definition) is 2. The molecular formula is C15H23N5O. The van der Waals surface area contributed by atoms with Crippen LogP contribution in [0.5, 0.6) is 0 Å². The van der Waals surface area contributed by atoms with Crippen LogP contribution in [0.1, 0.15) is 41.0 Å². The lowest BCUT2D eigenvalue weighted by molar-refractivity contribution is 0.0450. The topological polar surface area (TPSA) is 64.3 Å². The van der Waals surface area contributed by atoms with E-state index in [0.717, 1.165) is 63.0 Å². The van der Waals surface area contributed by atoms with Crippen molar-refractivity contribution >= 4 is 5.91 Å². The molecule has 0 radical (unpaired) electrons. The monoisotopic (exact) mass is 289 g/mol. The zero-order chi connectivity index (χ0) is 14.2. The summed E-state index contributed by atoms with van der Waals surface area (Å²) in [5.41, 5.74) is 2.84. The van der Waals surface area contributed by atoms with Crippen molar-refractivity contribution in [1.82, 2.24) is 25.3 Å². The summed E-state index contributed by atoms with van der Waals surface area (Å²) in [5, 5.41) is 10.7. The fraction of sp³-hybridized carbons (Fsp3) is 0.733. The van der Waals surface area contributed by atoms with E-state index >= 15 is 0 Å². The number of aromatic nitrogens is 2. The van der Waals surface area contributed by atoms with Crippen LogP contribution in [0.15, 0.2) is 0 Å². The third kappa shape index (κ3) is 2.36. The van der Waals surface area contributed by atoms with Gasteiger partial charge in [0.15, 0.2) is 5.69 Å². The van der Waals surface area contributed by atoms with Gasteiger partial charge in [0.2, 0.25) is 0 Å². The smallest absolute Gasteiger partial charge is 0.274 e. The molecule has 21 heavy (non-hydrogen) atoms. The van der Waals surface area contributed by atoms with Gasteiger partial charge in [-0.25, -0.2) is 0 Å². The van der Waals surface area contributed by atoms with Crippen molar-refractivity contribution in [3.8, 4) is 0 Å². The number of nitrogens with one attached hydrogen (secondary N) is 2. The molecule has 0 aromatic carbocycles. The lowest BCUT2D eigenvalue weighted by Gasteiger charge is -2.42. The summed E-state index contributed by atoms with van der Waals surface area (Å²) in [7, 11) is 0. The van der Waals surface area contributed by atoms with E-state index in [1.807, 2.05) is 4.90 Å². The first-order valence-corrected chi connectivity index (χ1v) is 8.13. The third-order valence-electron chi connectivity index (χ3n) is 5.20. The molecule has 0 unspecified atom stereocenters. The van der Waals surface area contributed by atoms with E-state index in [1.54, 1.807) is 0 Å². The number of fused-ring (bicyclic) bond motifs is 1. The van der Waals surface area contributed by atoms with Crippen LogP contribution in [0.3, 0.4) is 0 Å². The van der Waals surface area contributed by atoms with Gasteiger partial charge in [-0.2, -0.15) is 5.10 Å². The normalized spacial score (nSPS) is 23.7. The van der Waals surface area contributed by atoms with Crippen LogP contribution >= 0.6 is 0 Å². The molecule has 0 spiro atoms. The summed E-state index contributed by atoms with van der Waals surface area (Å²) in [5.74, 6) is 0.101. The summed E-state index contributed by atoms with van der Waals surface area (Å²) in [6.07, 6.45) is 4.99. The Morgan fingerprint density at radius 2 is 2.00 bits per heavy atom. The second-order valence-electron chi connectivity index (χ2n) is 6.37. The molecule has 3 aliphatic rings. The largest absolute Gasteiger partial charge is 0.335 e. The van der Waals surface area contributed by atoms with Gasteiger partial charge in [0.05, 0.1) is 0 Å². The summed E-state index contributed by atoms with van der Waals surface area (Å²) in [6, 6.07) is 0.782. The number of piperazine rings is 1. The molecule has 0 atom stereocenters. The highest BCUT2D eigenvalue weighted by molar-refractivity contribution is 5.94. The number of carbonyl (C=O) groups is 1. The number of nitrogens with zero attached hydrogens (tertiary/aromatic N) is 3. The van der Waals surface area contributed by atoms with Crippen LogP contribution in [-0.2, 0) is 13.0 Å². The molecule has 1 aliphatic carbocycles. The quantitative estimate of drug-likeness (QED) is 0.825. The number of rotatable bonds is 2. The minimum absolute atomic E-state index is 0.101. The second kappa shape index (κ2) is 5.42. The fourth-order valence-corrected chi connectivity index (χ4v) is 3.59. The van der Waals surface area contributed by atoms with Crippen molar-refractivity contribution in [2.45, 2.75) is 38.3 Å². The highest BCUT2D eigenvalue weighted by Gasteiger charge is 2.31. The Morgan fingerprint density at radius 3 is 2.71 bits per heavy atom. The molecule has 2 fully saturated rings. The van der Waals surface area contributed by atoms with Crippen LogP contribution in [0.4, 0.5) is 0 Å². The van der Waals surface area contributed by atoms with E-state index in [9.17, 15) is 4.79 Å². The lowest BCUT2D eigenvalue weighted by Crippen LogP contribution is -2.53. The Morgan fingerprint density at radius 1 is 1.19 bits per heavy atom. The van der Waals surface area contributed by atoms with Gasteiger partial charge in [0.25, 0.3) is 5.91 Å². The maximum atomic E-state index is 12.7. The highest BCUT2D eigenvalue weighted by Crippen LogP contribution is 2.26. The molecule has 1 aromatic heterocycles. The van der Waals surface area contributed by atoms with Crippen molar-refractivity contribution in [3.05, 3.63) is 17.0 Å². The molecule has 114 valence electrons. The first-order valence-electron chi connectivity index (χ1n) is 8.13. The maximum Gasteiger partial charge on any atom is 0.274 e. The van der Waals surface area contributed by atoms with Crippen LogP contribution < -0.4 is 5.32 Å². The van der Waals surface area contributed by atoms with Crippen molar-refractivity contribution in [1.29, 1.82) is 0 Å². The first-order chi connectivity index (χ1) is 10.3. The van der Waals surface area contributed by atoms with E-state index in [0.29, 0.717) is 5.69 Å². The van der Waals surface area contributed by atoms with Crippen molar-refractivity contribution < 1.29 is 4.79 Å². The molecule has 0 bridgehead atoms. The summed E-state index contributed by atoms with van der Waals surface area (Å²) in [4.78, 5) is 17.2. The van der Waals surface area contributed by atoms with Gasteiger partial charge in [-0.15, -0.1) is 0 Å². The SMILES string of the molecule is O=C(c1n[nH]c2c1CNCC2)N1CCN(C2CCC2)CC1. The predicted octanol–water partition coefficient (Wildman–Crippen LogP) is 0.366. The Bertz CT molecular complexity index is 528. The number of H-pyrrole nitrogens is 1. The Balaban J connectivity index is 1.42. The third-order valence-corrected chi connectivity index (χ3v) is 5.20. The fourth-order valence-electron chi connectivity index (χ4n) is 3.59. The molecule has 1 saturated carbocycles. The van der Waals surface area contributed by atoms with Crippen molar-refractivity contribution in [2.75, 3.05) is 32.7 Å². The number of amides is 1. The van der Waals surface area contributed by atoms with E-state index in [1.165, 1.54) is 19.3 Å². The second-order valence-corrected chi connectivity index (χ2v) is 6.37. The van der Waals surface area contributed by atoms with Gasteiger partial charge in [0.1, 0.15) is 0 Å². The molecule has 1 aromatic rings. The minimum Gasteiger partial charge on any atom is -0.335 e.